The minimum atomic E-state index is -0.231. The zero-order valence-corrected chi connectivity index (χ0v) is 17.7. The number of anilines is 2. The Bertz CT molecular complexity index is 1070. The van der Waals surface area contributed by atoms with Gasteiger partial charge < -0.3 is 14.8 Å². The molecule has 2 amide bonds. The molecule has 2 aromatic carbocycles. The van der Waals surface area contributed by atoms with E-state index in [1.807, 2.05) is 60.9 Å². The lowest BCUT2D eigenvalue weighted by molar-refractivity contribution is -0.117. The third-order valence-corrected chi connectivity index (χ3v) is 5.99. The van der Waals surface area contributed by atoms with Gasteiger partial charge in [0, 0.05) is 12.5 Å². The third kappa shape index (κ3) is 4.23. The summed E-state index contributed by atoms with van der Waals surface area (Å²) in [6.45, 7) is 4.45. The number of para-hydroxylation sites is 2. The van der Waals surface area contributed by atoms with E-state index in [9.17, 15) is 9.59 Å². The van der Waals surface area contributed by atoms with E-state index in [0.29, 0.717) is 17.4 Å². The fraction of sp³-hybridized carbons (Fsp3) is 0.273. The molecule has 1 N–H and O–H groups in total. The molecule has 30 heavy (non-hydrogen) atoms. The first kappa shape index (κ1) is 20.2. The molecule has 1 aliphatic rings. The number of hydrogen-bond donors (Lipinski definition) is 1. The number of rotatable bonds is 5. The molecule has 0 fully saturated rings. The summed E-state index contributed by atoms with van der Waals surface area (Å²) in [6.07, 6.45) is 0.258. The van der Waals surface area contributed by atoms with E-state index in [2.05, 4.69) is 27.6 Å². The third-order valence-electron chi connectivity index (χ3n) is 5.04. The fourth-order valence-electron chi connectivity index (χ4n) is 3.58. The van der Waals surface area contributed by atoms with Gasteiger partial charge >= 0.3 is 0 Å². The van der Waals surface area contributed by atoms with Crippen LogP contribution in [0.3, 0.4) is 0 Å². The van der Waals surface area contributed by atoms with Crippen LogP contribution in [0.2, 0.25) is 0 Å². The van der Waals surface area contributed by atoms with Gasteiger partial charge in [-0.15, -0.1) is 10.2 Å². The second-order valence-corrected chi connectivity index (χ2v) is 8.21. The maximum atomic E-state index is 13.2. The highest BCUT2D eigenvalue weighted by Gasteiger charge is 2.29. The van der Waals surface area contributed by atoms with Crippen molar-refractivity contribution in [3.05, 3.63) is 66.0 Å². The zero-order chi connectivity index (χ0) is 21.1. The minimum absolute atomic E-state index is 0.0663. The Hall–Kier alpha value is -3.13. The molecular weight excluding hydrogens is 398 g/mol. The van der Waals surface area contributed by atoms with Gasteiger partial charge in [-0.05, 0) is 31.5 Å². The van der Waals surface area contributed by atoms with E-state index in [1.165, 1.54) is 11.8 Å². The Kier molecular flexibility index (Phi) is 5.85. The maximum absolute atomic E-state index is 13.2. The summed E-state index contributed by atoms with van der Waals surface area (Å²) in [5, 5.41) is 12.0. The van der Waals surface area contributed by atoms with Crippen LogP contribution in [0.4, 0.5) is 11.4 Å². The van der Waals surface area contributed by atoms with Gasteiger partial charge in [-0.3, -0.25) is 9.59 Å². The van der Waals surface area contributed by atoms with E-state index in [0.717, 1.165) is 17.1 Å². The average molecular weight is 422 g/mol. The fourth-order valence-corrected chi connectivity index (χ4v) is 4.42. The maximum Gasteiger partial charge on any atom is 0.237 e. The topological polar surface area (TPSA) is 80.1 Å². The SMILES string of the molecule is Cc1nnc(SCC(=O)N2c3ccccc3NC(=O)C[C@H]2C)n1Cc1ccccc1. The molecule has 0 unspecified atom stereocenters. The first-order valence-corrected chi connectivity index (χ1v) is 10.8. The number of hydrogen-bond acceptors (Lipinski definition) is 5. The Balaban J connectivity index is 1.52. The highest BCUT2D eigenvalue weighted by molar-refractivity contribution is 7.99. The second-order valence-electron chi connectivity index (χ2n) is 7.27. The largest absolute Gasteiger partial charge is 0.324 e. The van der Waals surface area contributed by atoms with E-state index in [1.54, 1.807) is 4.90 Å². The van der Waals surface area contributed by atoms with Gasteiger partial charge in [0.25, 0.3) is 0 Å². The van der Waals surface area contributed by atoms with E-state index in [4.69, 9.17) is 0 Å². The van der Waals surface area contributed by atoms with Crippen LogP contribution in [-0.2, 0) is 16.1 Å². The van der Waals surface area contributed by atoms with Crippen LogP contribution in [0, 0.1) is 6.92 Å². The van der Waals surface area contributed by atoms with Gasteiger partial charge in [-0.1, -0.05) is 54.2 Å². The van der Waals surface area contributed by atoms with Crippen molar-refractivity contribution in [1.29, 1.82) is 0 Å². The van der Waals surface area contributed by atoms with Crippen LogP contribution < -0.4 is 10.2 Å². The minimum Gasteiger partial charge on any atom is -0.324 e. The predicted octanol–water partition coefficient (Wildman–Crippen LogP) is 3.49. The summed E-state index contributed by atoms with van der Waals surface area (Å²) in [6, 6.07) is 17.3. The highest BCUT2D eigenvalue weighted by atomic mass is 32.2. The molecule has 8 heteroatoms. The lowest BCUT2D eigenvalue weighted by Gasteiger charge is -2.27. The predicted molar refractivity (Wildman–Crippen MR) is 118 cm³/mol. The monoisotopic (exact) mass is 421 g/mol. The molecule has 0 saturated carbocycles. The molecule has 4 rings (SSSR count). The Morgan fingerprint density at radius 1 is 1.13 bits per heavy atom. The summed E-state index contributed by atoms with van der Waals surface area (Å²) in [7, 11) is 0. The normalized spacial score (nSPS) is 16.0. The number of thioether (sulfide) groups is 1. The van der Waals surface area contributed by atoms with Crippen molar-refractivity contribution in [2.45, 2.75) is 38.0 Å². The quantitative estimate of drug-likeness (QED) is 0.638. The summed E-state index contributed by atoms with van der Waals surface area (Å²) < 4.78 is 2.01. The van der Waals surface area contributed by atoms with Crippen LogP contribution in [0.25, 0.3) is 0 Å². The molecule has 0 spiro atoms. The Labute approximate surface area is 179 Å². The summed E-state index contributed by atoms with van der Waals surface area (Å²) in [5.41, 5.74) is 2.53. The Morgan fingerprint density at radius 3 is 2.67 bits per heavy atom. The first-order valence-electron chi connectivity index (χ1n) is 9.80. The summed E-state index contributed by atoms with van der Waals surface area (Å²) in [5.74, 6) is 0.858. The van der Waals surface area contributed by atoms with Crippen molar-refractivity contribution in [3.63, 3.8) is 0 Å². The van der Waals surface area contributed by atoms with E-state index in [-0.39, 0.29) is 30.0 Å². The van der Waals surface area contributed by atoms with Crippen LogP contribution in [-0.4, -0.2) is 38.4 Å². The molecule has 1 atom stereocenters. The van der Waals surface area contributed by atoms with Crippen molar-refractivity contribution in [2.75, 3.05) is 16.0 Å². The number of fused-ring (bicyclic) bond motifs is 1. The number of amides is 2. The van der Waals surface area contributed by atoms with Crippen molar-refractivity contribution in [1.82, 2.24) is 14.8 Å². The first-order chi connectivity index (χ1) is 14.5. The van der Waals surface area contributed by atoms with Crippen molar-refractivity contribution in [3.8, 4) is 0 Å². The van der Waals surface area contributed by atoms with Gasteiger partial charge in [0.15, 0.2) is 5.16 Å². The number of carbonyl (C=O) groups is 2. The number of aryl methyl sites for hydroxylation is 1. The highest BCUT2D eigenvalue weighted by Crippen LogP contribution is 2.32. The second kappa shape index (κ2) is 8.71. The molecule has 1 aliphatic heterocycles. The summed E-state index contributed by atoms with van der Waals surface area (Å²) >= 11 is 1.37. The lowest BCUT2D eigenvalue weighted by Crippen LogP contribution is -2.40. The van der Waals surface area contributed by atoms with Crippen LogP contribution in [0.5, 0.6) is 0 Å². The molecule has 7 nitrogen and oxygen atoms in total. The van der Waals surface area contributed by atoms with Gasteiger partial charge in [0.05, 0.1) is 23.7 Å². The van der Waals surface area contributed by atoms with Gasteiger partial charge in [-0.25, -0.2) is 0 Å². The van der Waals surface area contributed by atoms with Gasteiger partial charge in [0.1, 0.15) is 5.82 Å². The van der Waals surface area contributed by atoms with E-state index >= 15 is 0 Å². The molecular formula is C22H23N5O2S. The average Bonchev–Trinajstić information content (AvgIpc) is 3.01. The van der Waals surface area contributed by atoms with Crippen LogP contribution in [0.15, 0.2) is 59.8 Å². The van der Waals surface area contributed by atoms with Crippen LogP contribution in [0.1, 0.15) is 24.7 Å². The molecule has 154 valence electrons. The van der Waals surface area contributed by atoms with Crippen molar-refractivity contribution < 1.29 is 9.59 Å². The number of carbonyl (C=O) groups excluding carboxylic acids is 2. The molecule has 1 aromatic heterocycles. The standard InChI is InChI=1S/C22H23N5O2S/c1-15-12-20(28)23-18-10-6-7-11-19(18)27(15)21(29)14-30-22-25-24-16(2)26(22)13-17-8-4-3-5-9-17/h3-11,15H,12-14H2,1-2H3,(H,23,28)/t15-/m1/s1. The molecule has 3 aromatic rings. The van der Waals surface area contributed by atoms with Crippen LogP contribution >= 0.6 is 11.8 Å². The van der Waals surface area contributed by atoms with Gasteiger partial charge in [-0.2, -0.15) is 0 Å². The van der Waals surface area contributed by atoms with Crippen molar-refractivity contribution >= 4 is 35.0 Å². The van der Waals surface area contributed by atoms with Crippen molar-refractivity contribution in [2.24, 2.45) is 0 Å². The lowest BCUT2D eigenvalue weighted by atomic mass is 10.2. The number of nitrogens with one attached hydrogen (secondary N) is 1. The van der Waals surface area contributed by atoms with Gasteiger partial charge in [0.2, 0.25) is 11.8 Å². The molecule has 0 radical (unpaired) electrons. The molecule has 2 heterocycles. The molecule has 0 saturated heterocycles. The molecule has 0 aliphatic carbocycles. The smallest absolute Gasteiger partial charge is 0.237 e. The number of benzene rings is 2. The summed E-state index contributed by atoms with van der Waals surface area (Å²) in [4.78, 5) is 27.1. The number of nitrogens with zero attached hydrogens (tertiary/aromatic N) is 4. The number of aromatic nitrogens is 3. The molecule has 0 bridgehead atoms. The van der Waals surface area contributed by atoms with E-state index < -0.39 is 0 Å². The Morgan fingerprint density at radius 2 is 1.87 bits per heavy atom. The zero-order valence-electron chi connectivity index (χ0n) is 16.9.